The number of nitrogens with one attached hydrogen (secondary N) is 2. The molecule has 4 N–H and O–H groups in total. The number of fused-ring (bicyclic) bond motifs is 1. The normalized spacial score (nSPS) is 12.3. The van der Waals surface area contributed by atoms with Crippen LogP contribution in [0.1, 0.15) is 5.56 Å². The van der Waals surface area contributed by atoms with Crippen LogP contribution in [0, 0.1) is 0 Å². The first-order valence-electron chi connectivity index (χ1n) is 5.80. The van der Waals surface area contributed by atoms with E-state index in [1.807, 2.05) is 24.3 Å². The summed E-state index contributed by atoms with van der Waals surface area (Å²) in [5, 5.41) is 20.9. The van der Waals surface area contributed by atoms with Crippen LogP contribution < -0.4 is 5.32 Å². The average Bonchev–Trinajstić information content (AvgIpc) is 2.79. The number of hydrogen-bond acceptors (Lipinski definition) is 3. The lowest BCUT2D eigenvalue weighted by molar-refractivity contribution is -0.146. The monoisotopic (exact) mass is 262 g/mol. The second-order valence-corrected chi connectivity index (χ2v) is 4.19. The van der Waals surface area contributed by atoms with Gasteiger partial charge in [-0.3, -0.25) is 4.79 Å². The summed E-state index contributed by atoms with van der Waals surface area (Å²) in [5.41, 5.74) is 1.77. The number of aromatic amines is 1. The standard InChI is InChI=1S/C13H14N2O4/c16-11(13(18)19)7-15-12(17)5-8-6-14-10-4-2-1-3-9(8)10/h1-4,6,11,14,16H,5,7H2,(H,15,17)(H,18,19)/t11-/m0/s1. The van der Waals surface area contributed by atoms with Crippen molar-refractivity contribution in [3.63, 3.8) is 0 Å². The first kappa shape index (κ1) is 13.1. The lowest BCUT2D eigenvalue weighted by Crippen LogP contribution is -2.37. The molecule has 1 amide bonds. The topological polar surface area (TPSA) is 102 Å². The van der Waals surface area contributed by atoms with Gasteiger partial charge in [0.15, 0.2) is 6.10 Å². The van der Waals surface area contributed by atoms with E-state index in [1.54, 1.807) is 6.20 Å². The number of carboxylic acids is 1. The molecule has 1 aromatic carbocycles. The van der Waals surface area contributed by atoms with Crippen molar-refractivity contribution in [1.82, 2.24) is 10.3 Å². The van der Waals surface area contributed by atoms with Crippen molar-refractivity contribution in [2.24, 2.45) is 0 Å². The quantitative estimate of drug-likeness (QED) is 0.621. The van der Waals surface area contributed by atoms with Crippen molar-refractivity contribution in [2.75, 3.05) is 6.54 Å². The van der Waals surface area contributed by atoms with E-state index in [9.17, 15) is 9.59 Å². The SMILES string of the molecule is O=C(Cc1c[nH]c2ccccc12)NC[C@H](O)C(=O)O. The van der Waals surface area contributed by atoms with E-state index in [0.717, 1.165) is 16.5 Å². The highest BCUT2D eigenvalue weighted by molar-refractivity contribution is 5.89. The summed E-state index contributed by atoms with van der Waals surface area (Å²) >= 11 is 0. The molecule has 0 aliphatic heterocycles. The Morgan fingerprint density at radius 2 is 2.05 bits per heavy atom. The lowest BCUT2D eigenvalue weighted by atomic mass is 10.1. The van der Waals surface area contributed by atoms with Gasteiger partial charge < -0.3 is 20.5 Å². The van der Waals surface area contributed by atoms with Crippen LogP contribution in [0.2, 0.25) is 0 Å². The number of hydrogen-bond donors (Lipinski definition) is 4. The number of rotatable bonds is 5. The van der Waals surface area contributed by atoms with E-state index < -0.39 is 12.1 Å². The zero-order valence-electron chi connectivity index (χ0n) is 10.1. The van der Waals surface area contributed by atoms with Gasteiger partial charge in [-0.15, -0.1) is 0 Å². The van der Waals surface area contributed by atoms with Crippen molar-refractivity contribution in [3.05, 3.63) is 36.0 Å². The maximum Gasteiger partial charge on any atom is 0.334 e. The molecule has 100 valence electrons. The number of para-hydroxylation sites is 1. The third-order valence-electron chi connectivity index (χ3n) is 2.80. The molecular weight excluding hydrogens is 248 g/mol. The van der Waals surface area contributed by atoms with Crippen LogP contribution in [0.3, 0.4) is 0 Å². The molecule has 6 nitrogen and oxygen atoms in total. The number of carboxylic acid groups (broad SMARTS) is 1. The van der Waals surface area contributed by atoms with Crippen LogP contribution in [0.4, 0.5) is 0 Å². The molecule has 0 saturated heterocycles. The van der Waals surface area contributed by atoms with E-state index in [4.69, 9.17) is 10.2 Å². The third kappa shape index (κ3) is 3.11. The highest BCUT2D eigenvalue weighted by Gasteiger charge is 2.15. The molecule has 0 aliphatic rings. The second kappa shape index (κ2) is 5.53. The number of amides is 1. The Morgan fingerprint density at radius 1 is 1.32 bits per heavy atom. The summed E-state index contributed by atoms with van der Waals surface area (Å²) in [6, 6.07) is 7.59. The Morgan fingerprint density at radius 3 is 2.79 bits per heavy atom. The van der Waals surface area contributed by atoms with Gasteiger partial charge in [-0.25, -0.2) is 4.79 Å². The highest BCUT2D eigenvalue weighted by atomic mass is 16.4. The fraction of sp³-hybridized carbons (Fsp3) is 0.231. The molecule has 0 spiro atoms. The maximum absolute atomic E-state index is 11.7. The predicted molar refractivity (Wildman–Crippen MR) is 68.7 cm³/mol. The van der Waals surface area contributed by atoms with E-state index in [2.05, 4.69) is 10.3 Å². The number of aliphatic hydroxyl groups excluding tert-OH is 1. The molecule has 6 heteroatoms. The maximum atomic E-state index is 11.7. The molecule has 0 fully saturated rings. The van der Waals surface area contributed by atoms with E-state index in [-0.39, 0.29) is 18.9 Å². The Kier molecular flexibility index (Phi) is 3.82. The number of H-pyrrole nitrogens is 1. The van der Waals surface area contributed by atoms with Gasteiger partial charge in [-0.05, 0) is 11.6 Å². The summed E-state index contributed by atoms with van der Waals surface area (Å²) < 4.78 is 0. The van der Waals surface area contributed by atoms with Crippen molar-refractivity contribution in [1.29, 1.82) is 0 Å². The third-order valence-corrected chi connectivity index (χ3v) is 2.80. The highest BCUT2D eigenvalue weighted by Crippen LogP contribution is 2.17. The first-order valence-corrected chi connectivity index (χ1v) is 5.80. The van der Waals surface area contributed by atoms with E-state index in [0.29, 0.717) is 0 Å². The number of aromatic nitrogens is 1. The summed E-state index contributed by atoms with van der Waals surface area (Å²) in [6.07, 6.45) is 0.306. The molecule has 0 saturated carbocycles. The number of aliphatic carboxylic acids is 1. The van der Waals surface area contributed by atoms with Crippen molar-refractivity contribution in [2.45, 2.75) is 12.5 Å². The molecule has 0 radical (unpaired) electrons. The zero-order chi connectivity index (χ0) is 13.8. The molecule has 19 heavy (non-hydrogen) atoms. The first-order chi connectivity index (χ1) is 9.08. The van der Waals surface area contributed by atoms with Crippen LogP contribution in [-0.4, -0.2) is 39.7 Å². The molecule has 2 aromatic rings. The minimum Gasteiger partial charge on any atom is -0.479 e. The van der Waals surface area contributed by atoms with Crippen LogP contribution in [-0.2, 0) is 16.0 Å². The van der Waals surface area contributed by atoms with Crippen molar-refractivity contribution >= 4 is 22.8 Å². The summed E-state index contributed by atoms with van der Waals surface area (Å²) in [5.74, 6) is -1.68. The van der Waals surface area contributed by atoms with Crippen molar-refractivity contribution in [3.8, 4) is 0 Å². The van der Waals surface area contributed by atoms with E-state index >= 15 is 0 Å². The molecule has 0 aliphatic carbocycles. The Balaban J connectivity index is 1.97. The zero-order valence-corrected chi connectivity index (χ0v) is 10.1. The summed E-state index contributed by atoms with van der Waals surface area (Å²) in [7, 11) is 0. The molecule has 0 bridgehead atoms. The molecule has 0 unspecified atom stereocenters. The minimum absolute atomic E-state index is 0.135. The number of benzene rings is 1. The van der Waals surface area contributed by atoms with Crippen LogP contribution in [0.5, 0.6) is 0 Å². The van der Waals surface area contributed by atoms with Gasteiger partial charge in [-0.1, -0.05) is 18.2 Å². The summed E-state index contributed by atoms with van der Waals surface area (Å²) in [6.45, 7) is -0.295. The molecule has 1 atom stereocenters. The van der Waals surface area contributed by atoms with Gasteiger partial charge in [0, 0.05) is 17.1 Å². The molecule has 1 aromatic heterocycles. The number of carbonyl (C=O) groups excluding carboxylic acids is 1. The fourth-order valence-electron chi connectivity index (χ4n) is 1.81. The fourth-order valence-corrected chi connectivity index (χ4v) is 1.81. The Bertz CT molecular complexity index is 605. The number of carbonyl (C=O) groups is 2. The van der Waals surface area contributed by atoms with Gasteiger partial charge in [0.05, 0.1) is 13.0 Å². The summed E-state index contributed by atoms with van der Waals surface area (Å²) in [4.78, 5) is 25.1. The van der Waals surface area contributed by atoms with Gasteiger partial charge >= 0.3 is 5.97 Å². The smallest absolute Gasteiger partial charge is 0.334 e. The Hall–Kier alpha value is -2.34. The predicted octanol–water partition coefficient (Wildman–Crippen LogP) is 0.272. The average molecular weight is 262 g/mol. The van der Waals surface area contributed by atoms with Gasteiger partial charge in [0.1, 0.15) is 0 Å². The molecule has 1 heterocycles. The second-order valence-electron chi connectivity index (χ2n) is 4.19. The van der Waals surface area contributed by atoms with E-state index in [1.165, 1.54) is 0 Å². The molecular formula is C13H14N2O4. The number of aliphatic hydroxyl groups is 1. The van der Waals surface area contributed by atoms with Gasteiger partial charge in [0.25, 0.3) is 0 Å². The van der Waals surface area contributed by atoms with Crippen molar-refractivity contribution < 1.29 is 19.8 Å². The van der Waals surface area contributed by atoms with Crippen LogP contribution in [0.15, 0.2) is 30.5 Å². The largest absolute Gasteiger partial charge is 0.479 e. The van der Waals surface area contributed by atoms with Gasteiger partial charge in [-0.2, -0.15) is 0 Å². The molecule has 2 rings (SSSR count). The van der Waals surface area contributed by atoms with Crippen LogP contribution in [0.25, 0.3) is 10.9 Å². The minimum atomic E-state index is -1.58. The van der Waals surface area contributed by atoms with Gasteiger partial charge in [0.2, 0.25) is 5.91 Å². The van der Waals surface area contributed by atoms with Crippen LogP contribution >= 0.6 is 0 Å². The lowest BCUT2D eigenvalue weighted by Gasteiger charge is -2.07. The Labute approximate surface area is 109 Å².